The van der Waals surface area contributed by atoms with E-state index in [0.717, 1.165) is 12.7 Å². The fraction of sp³-hybridized carbons (Fsp3) is 1.00. The first kappa shape index (κ1) is 10.1. The second-order valence-electron chi connectivity index (χ2n) is 2.32. The molecule has 0 radical (unpaired) electrons. The average molecular weight is 163 g/mol. The Kier molecular flexibility index (Phi) is 4.89. The van der Waals surface area contributed by atoms with Crippen molar-refractivity contribution in [2.45, 2.75) is 13.5 Å². The van der Waals surface area contributed by atoms with Crippen LogP contribution < -0.4 is 5.32 Å². The van der Waals surface area contributed by atoms with Gasteiger partial charge in [0.15, 0.2) is 0 Å². The largest absolute Gasteiger partial charge is 0.397 e. The summed E-state index contributed by atoms with van der Waals surface area (Å²) in [6.07, 6.45) is 0.858. The van der Waals surface area contributed by atoms with Crippen molar-refractivity contribution in [3.8, 4) is 0 Å². The summed E-state index contributed by atoms with van der Waals surface area (Å²) in [6, 6.07) is 0. The van der Waals surface area contributed by atoms with E-state index in [2.05, 4.69) is 12.2 Å². The third kappa shape index (κ3) is 3.31. The van der Waals surface area contributed by atoms with Crippen molar-refractivity contribution in [1.29, 1.82) is 0 Å². The first-order valence-electron chi connectivity index (χ1n) is 3.49. The van der Waals surface area contributed by atoms with Crippen LogP contribution in [0.25, 0.3) is 0 Å². The van der Waals surface area contributed by atoms with Crippen LogP contribution in [0.1, 0.15) is 6.92 Å². The minimum absolute atomic E-state index is 0.858. The lowest BCUT2D eigenvalue weighted by atomic mass is 10.8. The third-order valence-corrected chi connectivity index (χ3v) is 4.18. The molecule has 1 N–H and O–H groups in total. The zero-order valence-corrected chi connectivity index (χ0v) is 8.23. The van der Waals surface area contributed by atoms with E-state index in [1.165, 1.54) is 0 Å². The van der Waals surface area contributed by atoms with Gasteiger partial charge in [-0.3, -0.25) is 0 Å². The summed E-state index contributed by atoms with van der Waals surface area (Å²) in [4.78, 5) is 0. The molecule has 0 aliphatic heterocycles. The predicted molar refractivity (Wildman–Crippen MR) is 44.2 cm³/mol. The van der Waals surface area contributed by atoms with Crippen LogP contribution in [-0.4, -0.2) is 35.5 Å². The third-order valence-electron chi connectivity index (χ3n) is 1.56. The van der Waals surface area contributed by atoms with Crippen LogP contribution in [0, 0.1) is 0 Å². The van der Waals surface area contributed by atoms with Crippen LogP contribution >= 0.6 is 0 Å². The summed E-state index contributed by atoms with van der Waals surface area (Å²) < 4.78 is 10.5. The Bertz CT molecular complexity index is 85.8. The van der Waals surface area contributed by atoms with Gasteiger partial charge in [-0.15, -0.1) is 0 Å². The molecule has 0 unspecified atom stereocenters. The minimum Gasteiger partial charge on any atom is -0.397 e. The molecule has 0 spiro atoms. The van der Waals surface area contributed by atoms with Crippen LogP contribution in [-0.2, 0) is 8.85 Å². The van der Waals surface area contributed by atoms with E-state index < -0.39 is 8.56 Å². The van der Waals surface area contributed by atoms with E-state index in [0.29, 0.717) is 0 Å². The molecule has 0 aromatic heterocycles. The smallest absolute Gasteiger partial charge is 0.348 e. The molecule has 0 saturated heterocycles. The molecule has 0 bridgehead atoms. The van der Waals surface area contributed by atoms with Gasteiger partial charge >= 0.3 is 8.56 Å². The highest BCUT2D eigenvalue weighted by Crippen LogP contribution is 2.00. The van der Waals surface area contributed by atoms with Crippen LogP contribution in [0.4, 0.5) is 0 Å². The van der Waals surface area contributed by atoms with Crippen LogP contribution in [0.2, 0.25) is 6.55 Å². The zero-order chi connectivity index (χ0) is 8.04. The van der Waals surface area contributed by atoms with Gasteiger partial charge in [0.05, 0.1) is 0 Å². The van der Waals surface area contributed by atoms with Gasteiger partial charge in [-0.25, -0.2) is 0 Å². The number of hydrogen-bond donors (Lipinski definition) is 1. The van der Waals surface area contributed by atoms with Gasteiger partial charge < -0.3 is 14.2 Å². The van der Waals surface area contributed by atoms with Gasteiger partial charge in [0, 0.05) is 20.4 Å². The van der Waals surface area contributed by atoms with E-state index in [-0.39, 0.29) is 0 Å². The topological polar surface area (TPSA) is 30.5 Å². The van der Waals surface area contributed by atoms with Crippen molar-refractivity contribution < 1.29 is 8.85 Å². The van der Waals surface area contributed by atoms with E-state index in [9.17, 15) is 0 Å². The van der Waals surface area contributed by atoms with Gasteiger partial charge in [0.2, 0.25) is 0 Å². The first-order valence-corrected chi connectivity index (χ1v) is 6.02. The van der Waals surface area contributed by atoms with Crippen molar-refractivity contribution in [2.24, 2.45) is 0 Å². The van der Waals surface area contributed by atoms with Crippen LogP contribution in [0.15, 0.2) is 0 Å². The molecule has 10 heavy (non-hydrogen) atoms. The molecule has 0 rings (SSSR count). The standard InChI is InChI=1S/C6H17NO2Si/c1-5-7-6-10(4,8-2)9-3/h7H,5-6H2,1-4H3. The van der Waals surface area contributed by atoms with Crippen LogP contribution in [0.3, 0.4) is 0 Å². The summed E-state index contributed by atoms with van der Waals surface area (Å²) in [5.41, 5.74) is 0. The lowest BCUT2D eigenvalue weighted by Gasteiger charge is -2.22. The first-order chi connectivity index (χ1) is 4.68. The Labute approximate surface area is 64.0 Å². The molecule has 0 saturated carbocycles. The normalized spacial score (nSPS) is 12.0. The minimum atomic E-state index is -1.83. The number of nitrogens with one attached hydrogen (secondary N) is 1. The molecule has 0 aromatic rings. The second-order valence-corrected chi connectivity index (χ2v) is 5.76. The maximum Gasteiger partial charge on any atom is 0.348 e. The van der Waals surface area contributed by atoms with E-state index in [4.69, 9.17) is 8.85 Å². The van der Waals surface area contributed by atoms with Gasteiger partial charge in [0.1, 0.15) is 0 Å². The Morgan fingerprint density at radius 1 is 1.30 bits per heavy atom. The lowest BCUT2D eigenvalue weighted by Crippen LogP contribution is -2.47. The molecule has 0 aliphatic rings. The van der Waals surface area contributed by atoms with Crippen molar-refractivity contribution in [3.05, 3.63) is 0 Å². The fourth-order valence-electron chi connectivity index (χ4n) is 0.580. The maximum atomic E-state index is 5.24. The summed E-state index contributed by atoms with van der Waals surface area (Å²) in [5.74, 6) is 0. The number of rotatable bonds is 5. The zero-order valence-electron chi connectivity index (χ0n) is 7.23. The summed E-state index contributed by atoms with van der Waals surface area (Å²) in [5, 5.41) is 3.20. The summed E-state index contributed by atoms with van der Waals surface area (Å²) in [6.45, 7) is 5.07. The van der Waals surface area contributed by atoms with E-state index >= 15 is 0 Å². The van der Waals surface area contributed by atoms with Crippen molar-refractivity contribution in [3.63, 3.8) is 0 Å². The molecule has 0 heterocycles. The Hall–Kier alpha value is 0.0969. The summed E-state index contributed by atoms with van der Waals surface area (Å²) >= 11 is 0. The molecule has 0 amide bonds. The highest BCUT2D eigenvalue weighted by molar-refractivity contribution is 6.66. The number of hydrogen-bond acceptors (Lipinski definition) is 3. The van der Waals surface area contributed by atoms with E-state index in [1.54, 1.807) is 14.2 Å². The highest BCUT2D eigenvalue weighted by Gasteiger charge is 2.27. The lowest BCUT2D eigenvalue weighted by molar-refractivity contribution is 0.247. The van der Waals surface area contributed by atoms with Crippen LogP contribution in [0.5, 0.6) is 0 Å². The molecule has 4 heteroatoms. The molecule has 0 aliphatic carbocycles. The molecule has 0 aromatic carbocycles. The average Bonchev–Trinajstić information content (AvgIpc) is 2.00. The Morgan fingerprint density at radius 2 is 1.80 bits per heavy atom. The quantitative estimate of drug-likeness (QED) is 0.599. The molecule has 0 atom stereocenters. The fourth-order valence-corrected chi connectivity index (χ4v) is 1.74. The van der Waals surface area contributed by atoms with Crippen molar-refractivity contribution in [1.82, 2.24) is 5.32 Å². The van der Waals surface area contributed by atoms with E-state index in [1.807, 2.05) is 6.55 Å². The monoisotopic (exact) mass is 163 g/mol. The SMILES string of the molecule is CCNC[Si](C)(OC)OC. The summed E-state index contributed by atoms with van der Waals surface area (Å²) in [7, 11) is 1.57. The second kappa shape index (κ2) is 4.84. The molecule has 3 nitrogen and oxygen atoms in total. The molecule has 62 valence electrons. The highest BCUT2D eigenvalue weighted by atomic mass is 28.4. The molecular formula is C6H17NO2Si. The van der Waals surface area contributed by atoms with Crippen molar-refractivity contribution >= 4 is 8.56 Å². The van der Waals surface area contributed by atoms with Gasteiger partial charge in [-0.2, -0.15) is 0 Å². The van der Waals surface area contributed by atoms with Gasteiger partial charge in [-0.05, 0) is 13.1 Å². The van der Waals surface area contributed by atoms with Gasteiger partial charge in [-0.1, -0.05) is 6.92 Å². The Morgan fingerprint density at radius 3 is 2.10 bits per heavy atom. The predicted octanol–water partition coefficient (Wildman–Crippen LogP) is 0.500. The maximum absolute atomic E-state index is 5.24. The van der Waals surface area contributed by atoms with Crippen molar-refractivity contribution in [2.75, 3.05) is 26.9 Å². The van der Waals surface area contributed by atoms with Gasteiger partial charge in [0.25, 0.3) is 0 Å². The Balaban J connectivity index is 3.58. The molecule has 0 fully saturated rings. The molecular weight excluding hydrogens is 146 g/mol.